The van der Waals surface area contributed by atoms with E-state index in [1.54, 1.807) is 47.4 Å². The summed E-state index contributed by atoms with van der Waals surface area (Å²) in [5.74, 6) is -0.754. The lowest BCUT2D eigenvalue weighted by atomic mass is 9.92. The van der Waals surface area contributed by atoms with Crippen molar-refractivity contribution in [3.63, 3.8) is 0 Å². The van der Waals surface area contributed by atoms with Crippen LogP contribution in [0.5, 0.6) is 5.75 Å². The molecule has 8 heteroatoms. The third-order valence-corrected chi connectivity index (χ3v) is 5.67. The number of carbonyl (C=O) groups excluding carboxylic acids is 4. The Hall–Kier alpha value is -3.68. The van der Waals surface area contributed by atoms with Crippen molar-refractivity contribution in [3.8, 4) is 5.75 Å². The van der Waals surface area contributed by atoms with Gasteiger partial charge in [0.1, 0.15) is 18.9 Å². The van der Waals surface area contributed by atoms with Gasteiger partial charge in [-0.15, -0.1) is 0 Å². The Kier molecular flexibility index (Phi) is 5.69. The van der Waals surface area contributed by atoms with Gasteiger partial charge in [0.05, 0.1) is 22.2 Å². The first-order chi connectivity index (χ1) is 15.6. The number of hydrogen-bond donors (Lipinski definition) is 1. The van der Waals surface area contributed by atoms with E-state index in [9.17, 15) is 19.2 Å². The maximum absolute atomic E-state index is 13.2. The number of benzene rings is 2. The SMILES string of the molecule is CC(C)CN1C(=O)C(C)(C)COc2ccc(NC(=O)CN3C(=O)c4ccccc4C3=O)cc21. The number of imide groups is 1. The van der Waals surface area contributed by atoms with Crippen LogP contribution in [0.4, 0.5) is 11.4 Å². The first kappa shape index (κ1) is 22.5. The highest BCUT2D eigenvalue weighted by Gasteiger charge is 2.39. The molecular weight excluding hydrogens is 422 g/mol. The molecule has 4 amide bonds. The molecule has 2 heterocycles. The van der Waals surface area contributed by atoms with Crippen LogP contribution in [0, 0.1) is 11.3 Å². The minimum absolute atomic E-state index is 0.0514. The average Bonchev–Trinajstić information content (AvgIpc) is 2.95. The van der Waals surface area contributed by atoms with E-state index in [0.29, 0.717) is 34.8 Å². The predicted octanol–water partition coefficient (Wildman–Crippen LogP) is 3.33. The summed E-state index contributed by atoms with van der Waals surface area (Å²) in [5.41, 5.74) is 0.923. The summed E-state index contributed by atoms with van der Waals surface area (Å²) in [6, 6.07) is 11.6. The van der Waals surface area contributed by atoms with Gasteiger partial charge in [-0.3, -0.25) is 24.1 Å². The molecular formula is C25H27N3O5. The number of amides is 4. The normalized spacial score (nSPS) is 16.9. The summed E-state index contributed by atoms with van der Waals surface area (Å²) in [6.07, 6.45) is 0. The quantitative estimate of drug-likeness (QED) is 0.707. The van der Waals surface area contributed by atoms with Gasteiger partial charge in [0, 0.05) is 12.2 Å². The van der Waals surface area contributed by atoms with Crippen molar-refractivity contribution in [2.45, 2.75) is 27.7 Å². The van der Waals surface area contributed by atoms with Crippen LogP contribution < -0.4 is 15.0 Å². The maximum atomic E-state index is 13.2. The summed E-state index contributed by atoms with van der Waals surface area (Å²) < 4.78 is 5.90. The molecule has 0 atom stereocenters. The van der Waals surface area contributed by atoms with E-state index in [0.717, 1.165) is 4.90 Å². The molecule has 2 aliphatic rings. The molecule has 0 fully saturated rings. The molecule has 0 saturated heterocycles. The molecule has 33 heavy (non-hydrogen) atoms. The number of anilines is 2. The largest absolute Gasteiger partial charge is 0.490 e. The lowest BCUT2D eigenvalue weighted by Gasteiger charge is -2.29. The van der Waals surface area contributed by atoms with Gasteiger partial charge in [0.2, 0.25) is 11.8 Å². The Labute approximate surface area is 192 Å². The van der Waals surface area contributed by atoms with E-state index in [1.165, 1.54) is 0 Å². The molecule has 172 valence electrons. The van der Waals surface area contributed by atoms with Crippen molar-refractivity contribution >= 4 is 35.0 Å². The van der Waals surface area contributed by atoms with Gasteiger partial charge in [0.25, 0.3) is 11.8 Å². The molecule has 0 spiro atoms. The summed E-state index contributed by atoms with van der Waals surface area (Å²) in [4.78, 5) is 53.6. The Morgan fingerprint density at radius 2 is 1.67 bits per heavy atom. The summed E-state index contributed by atoms with van der Waals surface area (Å²) in [7, 11) is 0. The second-order valence-corrected chi connectivity index (χ2v) is 9.45. The fourth-order valence-corrected chi connectivity index (χ4v) is 4.00. The number of fused-ring (bicyclic) bond motifs is 2. The monoisotopic (exact) mass is 449 g/mol. The van der Waals surface area contributed by atoms with Crippen molar-refractivity contribution in [3.05, 3.63) is 53.6 Å². The molecule has 4 rings (SSSR count). The van der Waals surface area contributed by atoms with Gasteiger partial charge in [-0.1, -0.05) is 26.0 Å². The van der Waals surface area contributed by atoms with Crippen molar-refractivity contribution in [1.82, 2.24) is 4.90 Å². The van der Waals surface area contributed by atoms with Crippen molar-refractivity contribution in [2.75, 3.05) is 29.9 Å². The number of nitrogens with one attached hydrogen (secondary N) is 1. The molecule has 0 saturated carbocycles. The highest BCUT2D eigenvalue weighted by molar-refractivity contribution is 6.22. The van der Waals surface area contributed by atoms with Gasteiger partial charge >= 0.3 is 0 Å². The van der Waals surface area contributed by atoms with Crippen LogP contribution in [0.2, 0.25) is 0 Å². The second kappa shape index (κ2) is 8.35. The molecule has 0 radical (unpaired) electrons. The third-order valence-electron chi connectivity index (χ3n) is 5.67. The summed E-state index contributed by atoms with van der Waals surface area (Å²) >= 11 is 0. The topological polar surface area (TPSA) is 96.0 Å². The van der Waals surface area contributed by atoms with E-state index >= 15 is 0 Å². The van der Waals surface area contributed by atoms with Crippen LogP contribution in [0.15, 0.2) is 42.5 Å². The first-order valence-corrected chi connectivity index (χ1v) is 10.9. The highest BCUT2D eigenvalue weighted by Crippen LogP contribution is 2.38. The number of nitrogens with zero attached hydrogens (tertiary/aromatic N) is 2. The first-order valence-electron chi connectivity index (χ1n) is 10.9. The molecule has 8 nitrogen and oxygen atoms in total. The molecule has 2 aromatic carbocycles. The Morgan fingerprint density at radius 3 is 2.27 bits per heavy atom. The van der Waals surface area contributed by atoms with Crippen molar-refractivity contribution in [1.29, 1.82) is 0 Å². The number of ether oxygens (including phenoxy) is 1. The van der Waals surface area contributed by atoms with Gasteiger partial charge in [-0.05, 0) is 50.1 Å². The molecule has 1 N–H and O–H groups in total. The molecule has 0 bridgehead atoms. The fourth-order valence-electron chi connectivity index (χ4n) is 4.00. The van der Waals surface area contributed by atoms with Crippen molar-refractivity contribution < 1.29 is 23.9 Å². The zero-order valence-corrected chi connectivity index (χ0v) is 19.2. The molecule has 0 unspecified atom stereocenters. The molecule has 0 aliphatic carbocycles. The number of rotatable bonds is 5. The van der Waals surface area contributed by atoms with Crippen LogP contribution in [-0.4, -0.2) is 48.2 Å². The van der Waals surface area contributed by atoms with Crippen LogP contribution in [0.3, 0.4) is 0 Å². The molecule has 2 aromatic rings. The van der Waals surface area contributed by atoms with E-state index in [2.05, 4.69) is 5.32 Å². The predicted molar refractivity (Wildman–Crippen MR) is 123 cm³/mol. The average molecular weight is 450 g/mol. The van der Waals surface area contributed by atoms with E-state index < -0.39 is 29.7 Å². The third kappa shape index (κ3) is 4.20. The van der Waals surface area contributed by atoms with Crippen LogP contribution in [0.25, 0.3) is 0 Å². The van der Waals surface area contributed by atoms with Gasteiger partial charge in [-0.25, -0.2) is 0 Å². The number of hydrogen-bond acceptors (Lipinski definition) is 5. The number of carbonyl (C=O) groups is 4. The van der Waals surface area contributed by atoms with Crippen LogP contribution in [-0.2, 0) is 9.59 Å². The van der Waals surface area contributed by atoms with Gasteiger partial charge < -0.3 is 15.0 Å². The zero-order valence-electron chi connectivity index (χ0n) is 19.2. The molecule has 0 aromatic heterocycles. The van der Waals surface area contributed by atoms with E-state index in [-0.39, 0.29) is 18.4 Å². The summed E-state index contributed by atoms with van der Waals surface area (Å²) in [5, 5.41) is 2.74. The van der Waals surface area contributed by atoms with Crippen LogP contribution >= 0.6 is 0 Å². The Morgan fingerprint density at radius 1 is 1.03 bits per heavy atom. The van der Waals surface area contributed by atoms with E-state index in [1.807, 2.05) is 27.7 Å². The van der Waals surface area contributed by atoms with Gasteiger partial charge in [-0.2, -0.15) is 0 Å². The zero-order chi connectivity index (χ0) is 23.9. The smallest absolute Gasteiger partial charge is 0.262 e. The maximum Gasteiger partial charge on any atom is 0.262 e. The lowest BCUT2D eigenvalue weighted by molar-refractivity contribution is -0.127. The minimum Gasteiger partial charge on any atom is -0.490 e. The Bertz CT molecular complexity index is 1120. The second-order valence-electron chi connectivity index (χ2n) is 9.45. The summed E-state index contributed by atoms with van der Waals surface area (Å²) in [6.45, 7) is 8.10. The van der Waals surface area contributed by atoms with Crippen LogP contribution in [0.1, 0.15) is 48.4 Å². The fraction of sp³-hybridized carbons (Fsp3) is 0.360. The Balaban J connectivity index is 1.55. The van der Waals surface area contributed by atoms with Gasteiger partial charge in [0.15, 0.2) is 0 Å². The van der Waals surface area contributed by atoms with E-state index in [4.69, 9.17) is 4.74 Å². The lowest BCUT2D eigenvalue weighted by Crippen LogP contribution is -2.43. The molecule has 2 aliphatic heterocycles. The minimum atomic E-state index is -0.692. The highest BCUT2D eigenvalue weighted by atomic mass is 16.5. The standard InChI is InChI=1S/C25H27N3O5/c1-15(2)12-27-19-11-16(9-10-20(19)33-14-25(3,4)24(27)32)26-21(29)13-28-22(30)17-7-5-6-8-18(17)23(28)31/h5-11,15H,12-14H2,1-4H3,(H,26,29). The van der Waals surface area contributed by atoms with Crippen molar-refractivity contribution in [2.24, 2.45) is 11.3 Å².